The third-order valence-electron chi connectivity index (χ3n) is 5.99. The lowest BCUT2D eigenvalue weighted by Gasteiger charge is -2.47. The minimum Gasteiger partial charge on any atom is -0.371 e. The number of carbonyl (C=O) groups is 1. The maximum atomic E-state index is 12.7. The quantitative estimate of drug-likeness (QED) is 0.618. The van der Waals surface area contributed by atoms with Crippen molar-refractivity contribution in [3.63, 3.8) is 0 Å². The molecule has 2 aliphatic rings. The number of thiazole rings is 1. The van der Waals surface area contributed by atoms with E-state index >= 15 is 0 Å². The second-order valence-electron chi connectivity index (χ2n) is 8.13. The Morgan fingerprint density at radius 3 is 2.71 bits per heavy atom. The first-order valence-electron chi connectivity index (χ1n) is 10.6. The molecule has 1 amide bonds. The first kappa shape index (κ1) is 20.1. The van der Waals surface area contributed by atoms with Crippen LogP contribution in [-0.4, -0.2) is 64.3 Å². The molecule has 8 nitrogen and oxygen atoms in total. The van der Waals surface area contributed by atoms with Gasteiger partial charge in [0.25, 0.3) is 11.8 Å². The van der Waals surface area contributed by atoms with Crippen molar-refractivity contribution < 1.29 is 14.1 Å². The Kier molecular flexibility index (Phi) is 5.45. The number of rotatable bonds is 4. The Morgan fingerprint density at radius 2 is 1.97 bits per heavy atom. The molecule has 0 unspecified atom stereocenters. The van der Waals surface area contributed by atoms with Crippen molar-refractivity contribution in [3.05, 3.63) is 46.4 Å². The molecule has 3 aromatic rings. The van der Waals surface area contributed by atoms with E-state index in [1.807, 2.05) is 47.5 Å². The SMILES string of the molecule is Cc1nc(CC(=O)N2CCC3(CC2)CN(c2noc(-c4ccccc4)n2)CCO3)cs1. The van der Waals surface area contributed by atoms with E-state index in [1.54, 1.807) is 11.3 Å². The molecule has 0 aliphatic carbocycles. The number of aryl methyl sites for hydroxylation is 1. The van der Waals surface area contributed by atoms with Crippen LogP contribution in [0.25, 0.3) is 11.5 Å². The van der Waals surface area contributed by atoms with Crippen molar-refractivity contribution in [2.24, 2.45) is 0 Å². The topological polar surface area (TPSA) is 84.6 Å². The Morgan fingerprint density at radius 1 is 1.16 bits per heavy atom. The summed E-state index contributed by atoms with van der Waals surface area (Å²) in [5.74, 6) is 1.26. The van der Waals surface area contributed by atoms with Gasteiger partial charge in [-0.25, -0.2) is 4.98 Å². The van der Waals surface area contributed by atoms with Gasteiger partial charge in [0.15, 0.2) is 0 Å². The normalized spacial score (nSPS) is 18.5. The molecule has 9 heteroatoms. The zero-order valence-corrected chi connectivity index (χ0v) is 18.3. The monoisotopic (exact) mass is 439 g/mol. The van der Waals surface area contributed by atoms with Gasteiger partial charge in [-0.05, 0) is 37.1 Å². The summed E-state index contributed by atoms with van der Waals surface area (Å²) in [4.78, 5) is 25.8. The highest BCUT2D eigenvalue weighted by Crippen LogP contribution is 2.32. The summed E-state index contributed by atoms with van der Waals surface area (Å²) in [6.07, 6.45) is 1.97. The van der Waals surface area contributed by atoms with Gasteiger partial charge in [-0.1, -0.05) is 18.2 Å². The van der Waals surface area contributed by atoms with Gasteiger partial charge in [0, 0.05) is 30.6 Å². The van der Waals surface area contributed by atoms with Gasteiger partial charge < -0.3 is 19.1 Å². The molecule has 31 heavy (non-hydrogen) atoms. The van der Waals surface area contributed by atoms with Crippen molar-refractivity contribution in [2.45, 2.75) is 31.8 Å². The molecule has 162 valence electrons. The minimum atomic E-state index is -0.278. The van der Waals surface area contributed by atoms with E-state index < -0.39 is 0 Å². The molecule has 1 aromatic carbocycles. The number of likely N-dealkylation sites (tertiary alicyclic amines) is 1. The predicted molar refractivity (Wildman–Crippen MR) is 117 cm³/mol. The first-order chi connectivity index (χ1) is 15.1. The number of benzene rings is 1. The van der Waals surface area contributed by atoms with E-state index in [9.17, 15) is 4.79 Å². The zero-order chi connectivity index (χ0) is 21.3. The highest BCUT2D eigenvalue weighted by molar-refractivity contribution is 7.09. The third kappa shape index (κ3) is 4.33. The van der Waals surface area contributed by atoms with Crippen molar-refractivity contribution >= 4 is 23.2 Å². The molecule has 0 N–H and O–H groups in total. The molecule has 0 saturated carbocycles. The lowest BCUT2D eigenvalue weighted by Crippen LogP contribution is -2.58. The standard InChI is InChI=1S/C22H25N5O3S/c1-16-23-18(14-31-16)13-19(28)26-9-7-22(8-10-26)15-27(11-12-29-22)21-24-20(30-25-21)17-5-3-2-4-6-17/h2-6,14H,7-13,15H2,1H3. The molecular weight excluding hydrogens is 414 g/mol. The van der Waals surface area contributed by atoms with Crippen LogP contribution in [0.1, 0.15) is 23.5 Å². The molecule has 5 rings (SSSR count). The van der Waals surface area contributed by atoms with Crippen LogP contribution < -0.4 is 4.90 Å². The minimum absolute atomic E-state index is 0.137. The number of hydrogen-bond acceptors (Lipinski definition) is 8. The summed E-state index contributed by atoms with van der Waals surface area (Å²) in [5.41, 5.74) is 1.49. The fourth-order valence-corrected chi connectivity index (χ4v) is 4.89. The maximum absolute atomic E-state index is 12.7. The second kappa shape index (κ2) is 8.39. The van der Waals surface area contributed by atoms with E-state index in [4.69, 9.17) is 9.26 Å². The van der Waals surface area contributed by atoms with Crippen molar-refractivity contribution in [3.8, 4) is 11.5 Å². The molecule has 2 fully saturated rings. The highest BCUT2D eigenvalue weighted by Gasteiger charge is 2.41. The number of hydrogen-bond donors (Lipinski definition) is 0. The van der Waals surface area contributed by atoms with Crippen LogP contribution >= 0.6 is 11.3 Å². The van der Waals surface area contributed by atoms with Crippen molar-refractivity contribution in [1.29, 1.82) is 0 Å². The van der Waals surface area contributed by atoms with Crippen LogP contribution in [0.3, 0.4) is 0 Å². The number of anilines is 1. The fourth-order valence-electron chi connectivity index (χ4n) is 4.28. The third-order valence-corrected chi connectivity index (χ3v) is 6.82. The number of nitrogens with zero attached hydrogens (tertiary/aromatic N) is 5. The van der Waals surface area contributed by atoms with E-state index in [2.05, 4.69) is 20.0 Å². The average molecular weight is 440 g/mol. The second-order valence-corrected chi connectivity index (χ2v) is 9.20. The summed E-state index contributed by atoms with van der Waals surface area (Å²) in [5, 5.41) is 7.16. The van der Waals surface area contributed by atoms with Crippen molar-refractivity contribution in [2.75, 3.05) is 37.7 Å². The van der Waals surface area contributed by atoms with Gasteiger partial charge in [0.2, 0.25) is 5.91 Å². The highest BCUT2D eigenvalue weighted by atomic mass is 32.1. The smallest absolute Gasteiger partial charge is 0.266 e. The number of piperidine rings is 1. The van der Waals surface area contributed by atoms with E-state index in [0.29, 0.717) is 44.5 Å². The summed E-state index contributed by atoms with van der Waals surface area (Å²) in [6, 6.07) is 9.78. The molecule has 2 aromatic heterocycles. The molecule has 0 atom stereocenters. The Hall–Kier alpha value is -2.78. The lowest BCUT2D eigenvalue weighted by molar-refractivity contribution is -0.138. The van der Waals surface area contributed by atoms with Crippen molar-refractivity contribution in [1.82, 2.24) is 20.0 Å². The van der Waals surface area contributed by atoms with Gasteiger partial charge >= 0.3 is 0 Å². The number of aromatic nitrogens is 3. The summed E-state index contributed by atoms with van der Waals surface area (Å²) < 4.78 is 11.7. The number of carbonyl (C=O) groups excluding carboxylic acids is 1. The van der Waals surface area contributed by atoms with E-state index in [1.165, 1.54) is 0 Å². The molecule has 0 bridgehead atoms. The molecule has 4 heterocycles. The number of amides is 1. The lowest BCUT2D eigenvalue weighted by atomic mass is 9.89. The number of ether oxygens (including phenoxy) is 1. The summed E-state index contributed by atoms with van der Waals surface area (Å²) >= 11 is 1.58. The average Bonchev–Trinajstić information content (AvgIpc) is 3.44. The van der Waals surface area contributed by atoms with E-state index in [0.717, 1.165) is 35.7 Å². The molecule has 2 aliphatic heterocycles. The maximum Gasteiger partial charge on any atom is 0.266 e. The Bertz CT molecular complexity index is 1040. The predicted octanol–water partition coefficient (Wildman–Crippen LogP) is 2.94. The van der Waals surface area contributed by atoms with Gasteiger partial charge in [-0.2, -0.15) is 4.98 Å². The Labute approximate surface area is 184 Å². The first-order valence-corrected chi connectivity index (χ1v) is 11.5. The van der Waals surface area contributed by atoms with Crippen LogP contribution in [0.4, 0.5) is 5.95 Å². The van der Waals surface area contributed by atoms with Gasteiger partial charge in [-0.15, -0.1) is 11.3 Å². The molecule has 0 radical (unpaired) electrons. The number of morpholine rings is 1. The van der Waals surface area contributed by atoms with Crippen LogP contribution in [0.15, 0.2) is 40.2 Å². The van der Waals surface area contributed by atoms with E-state index in [-0.39, 0.29) is 11.5 Å². The van der Waals surface area contributed by atoms with Crippen LogP contribution in [-0.2, 0) is 16.0 Å². The zero-order valence-electron chi connectivity index (χ0n) is 17.5. The van der Waals surface area contributed by atoms with Crippen LogP contribution in [0, 0.1) is 6.92 Å². The van der Waals surface area contributed by atoms with Gasteiger partial charge in [-0.3, -0.25) is 4.79 Å². The Balaban J connectivity index is 1.21. The molecule has 2 saturated heterocycles. The largest absolute Gasteiger partial charge is 0.371 e. The van der Waals surface area contributed by atoms with Crippen LogP contribution in [0.2, 0.25) is 0 Å². The molecular formula is C22H25N5O3S. The summed E-state index contributed by atoms with van der Waals surface area (Å²) in [7, 11) is 0. The summed E-state index contributed by atoms with van der Waals surface area (Å²) in [6.45, 7) is 5.38. The van der Waals surface area contributed by atoms with Crippen LogP contribution in [0.5, 0.6) is 0 Å². The molecule has 1 spiro atoms. The van der Waals surface area contributed by atoms with Gasteiger partial charge in [0.05, 0.1) is 35.9 Å². The van der Waals surface area contributed by atoms with Gasteiger partial charge in [0.1, 0.15) is 0 Å². The fraction of sp³-hybridized carbons (Fsp3) is 0.455.